The van der Waals surface area contributed by atoms with Crippen LogP contribution in [0.1, 0.15) is 15.9 Å². The number of alkyl halides is 2. The number of anilines is 2. The molecule has 0 atom stereocenters. The van der Waals surface area contributed by atoms with E-state index in [-0.39, 0.29) is 5.57 Å². The molecule has 5 nitrogen and oxygen atoms in total. The molecule has 2 amide bonds. The number of benzene rings is 3. The van der Waals surface area contributed by atoms with Crippen molar-refractivity contribution in [1.82, 2.24) is 0 Å². The molecule has 2 N–H and O–H groups in total. The lowest BCUT2D eigenvalue weighted by molar-refractivity contribution is -0.112. The number of hydrogen-bond acceptors (Lipinski definition) is 4. The third-order valence-electron chi connectivity index (χ3n) is 4.28. The summed E-state index contributed by atoms with van der Waals surface area (Å²) >= 11 is 6.45. The van der Waals surface area contributed by atoms with Crippen LogP contribution in [0.2, 0.25) is 5.02 Å². The predicted molar refractivity (Wildman–Crippen MR) is 126 cm³/mol. The van der Waals surface area contributed by atoms with Gasteiger partial charge in [0.2, 0.25) is 0 Å². The van der Waals surface area contributed by atoms with E-state index in [4.69, 9.17) is 11.6 Å². The SMILES string of the molecule is N#C/C(=C\c1cccc(NC(=O)c2ccccc2Cl)c1)C(=O)Nc1ccc(SC(F)F)cc1. The van der Waals surface area contributed by atoms with E-state index in [1.807, 2.05) is 6.07 Å². The quantitative estimate of drug-likeness (QED) is 0.230. The van der Waals surface area contributed by atoms with Crippen LogP contribution in [0.25, 0.3) is 6.08 Å². The topological polar surface area (TPSA) is 82.0 Å². The van der Waals surface area contributed by atoms with Crippen molar-refractivity contribution in [2.24, 2.45) is 0 Å². The molecule has 0 spiro atoms. The number of hydrogen-bond donors (Lipinski definition) is 2. The second-order valence-corrected chi connectivity index (χ2v) is 8.06. The van der Waals surface area contributed by atoms with Crippen LogP contribution in [-0.2, 0) is 4.79 Å². The average molecular weight is 484 g/mol. The summed E-state index contributed by atoms with van der Waals surface area (Å²) in [5, 5.41) is 15.0. The summed E-state index contributed by atoms with van der Waals surface area (Å²) in [5.41, 5.74) is 1.48. The summed E-state index contributed by atoms with van der Waals surface area (Å²) in [6.07, 6.45) is 1.38. The lowest BCUT2D eigenvalue weighted by Gasteiger charge is -2.08. The highest BCUT2D eigenvalue weighted by molar-refractivity contribution is 7.99. The fourth-order valence-electron chi connectivity index (χ4n) is 2.78. The average Bonchev–Trinajstić information content (AvgIpc) is 2.79. The molecule has 166 valence electrons. The fourth-order valence-corrected chi connectivity index (χ4v) is 3.50. The number of rotatable bonds is 7. The van der Waals surface area contributed by atoms with E-state index in [0.717, 1.165) is 0 Å². The molecule has 0 aliphatic rings. The van der Waals surface area contributed by atoms with Gasteiger partial charge in [0.1, 0.15) is 11.6 Å². The van der Waals surface area contributed by atoms with Gasteiger partial charge in [0.15, 0.2) is 0 Å². The largest absolute Gasteiger partial charge is 0.322 e. The molecular weight excluding hydrogens is 468 g/mol. The number of halogens is 3. The Balaban J connectivity index is 1.72. The number of nitrogens with one attached hydrogen (secondary N) is 2. The molecule has 3 aromatic rings. The molecule has 0 aromatic heterocycles. The summed E-state index contributed by atoms with van der Waals surface area (Å²) < 4.78 is 24.8. The molecule has 0 bridgehead atoms. The van der Waals surface area contributed by atoms with E-state index >= 15 is 0 Å². The van der Waals surface area contributed by atoms with E-state index < -0.39 is 17.6 Å². The van der Waals surface area contributed by atoms with Gasteiger partial charge in [-0.25, -0.2) is 0 Å². The van der Waals surface area contributed by atoms with Crippen LogP contribution in [-0.4, -0.2) is 17.6 Å². The van der Waals surface area contributed by atoms with Gasteiger partial charge in [-0.3, -0.25) is 9.59 Å². The van der Waals surface area contributed by atoms with Gasteiger partial charge in [0, 0.05) is 16.3 Å². The molecule has 3 rings (SSSR count). The molecule has 3 aromatic carbocycles. The monoisotopic (exact) mass is 483 g/mol. The van der Waals surface area contributed by atoms with Crippen molar-refractivity contribution < 1.29 is 18.4 Å². The summed E-state index contributed by atoms with van der Waals surface area (Å²) in [4.78, 5) is 25.3. The van der Waals surface area contributed by atoms with Crippen molar-refractivity contribution in [1.29, 1.82) is 5.26 Å². The molecule has 0 saturated heterocycles. The molecule has 0 saturated carbocycles. The van der Waals surface area contributed by atoms with Crippen LogP contribution < -0.4 is 10.6 Å². The van der Waals surface area contributed by atoms with Crippen LogP contribution in [0.3, 0.4) is 0 Å². The smallest absolute Gasteiger partial charge is 0.288 e. The molecule has 0 aliphatic carbocycles. The summed E-state index contributed by atoms with van der Waals surface area (Å²) in [7, 11) is 0. The molecule has 9 heteroatoms. The van der Waals surface area contributed by atoms with Gasteiger partial charge in [-0.2, -0.15) is 14.0 Å². The molecule has 0 unspecified atom stereocenters. The normalized spacial score (nSPS) is 11.1. The van der Waals surface area contributed by atoms with Crippen molar-refractivity contribution >= 4 is 52.6 Å². The van der Waals surface area contributed by atoms with Gasteiger partial charge in [0.05, 0.1) is 10.6 Å². The Morgan fingerprint density at radius 1 is 0.970 bits per heavy atom. The summed E-state index contributed by atoms with van der Waals surface area (Å²) in [5.74, 6) is -3.59. The Bertz CT molecular complexity index is 1240. The first-order chi connectivity index (χ1) is 15.9. The summed E-state index contributed by atoms with van der Waals surface area (Å²) in [6.45, 7) is 0. The zero-order valence-electron chi connectivity index (χ0n) is 16.9. The number of amides is 2. The van der Waals surface area contributed by atoms with Gasteiger partial charge >= 0.3 is 0 Å². The first-order valence-electron chi connectivity index (χ1n) is 9.49. The van der Waals surface area contributed by atoms with E-state index in [9.17, 15) is 23.6 Å². The molecule has 0 aliphatic heterocycles. The zero-order valence-corrected chi connectivity index (χ0v) is 18.5. The molecule has 0 fully saturated rings. The van der Waals surface area contributed by atoms with Crippen molar-refractivity contribution in [3.8, 4) is 6.07 Å². The van der Waals surface area contributed by atoms with Gasteiger partial charge in [-0.1, -0.05) is 47.6 Å². The minimum Gasteiger partial charge on any atom is -0.322 e. The molecule has 0 heterocycles. The first-order valence-corrected chi connectivity index (χ1v) is 10.8. The molecular formula is C24H16ClF2N3O2S. The maximum absolute atomic E-state index is 12.5. The Labute approximate surface area is 198 Å². The van der Waals surface area contributed by atoms with Crippen molar-refractivity contribution in [2.75, 3.05) is 10.6 Å². The van der Waals surface area contributed by atoms with Gasteiger partial charge in [-0.05, 0) is 60.2 Å². The van der Waals surface area contributed by atoms with Gasteiger partial charge < -0.3 is 10.6 Å². The van der Waals surface area contributed by atoms with E-state index in [1.54, 1.807) is 48.5 Å². The highest BCUT2D eigenvalue weighted by Gasteiger charge is 2.12. The number of thioether (sulfide) groups is 1. The minimum atomic E-state index is -2.54. The maximum atomic E-state index is 12.5. The number of carbonyl (C=O) groups is 2. The highest BCUT2D eigenvalue weighted by atomic mass is 35.5. The Morgan fingerprint density at radius 2 is 1.70 bits per heavy atom. The molecule has 0 radical (unpaired) electrons. The Morgan fingerprint density at radius 3 is 2.36 bits per heavy atom. The Hall–Kier alpha value is -3.67. The third kappa shape index (κ3) is 6.91. The van der Waals surface area contributed by atoms with Crippen molar-refractivity contribution in [3.05, 3.63) is 94.5 Å². The number of nitriles is 1. The summed E-state index contributed by atoms with van der Waals surface area (Å²) in [6, 6.07) is 20.9. The lowest BCUT2D eigenvalue weighted by Crippen LogP contribution is -2.13. The zero-order chi connectivity index (χ0) is 23.8. The second kappa shape index (κ2) is 11.3. The fraction of sp³-hybridized carbons (Fsp3) is 0.0417. The number of nitrogens with zero attached hydrogens (tertiary/aromatic N) is 1. The maximum Gasteiger partial charge on any atom is 0.288 e. The highest BCUT2D eigenvalue weighted by Crippen LogP contribution is 2.26. The van der Waals surface area contributed by atoms with E-state index in [1.165, 1.54) is 30.3 Å². The number of carbonyl (C=O) groups excluding carboxylic acids is 2. The predicted octanol–water partition coefficient (Wildman–Crippen LogP) is 6.45. The van der Waals surface area contributed by atoms with E-state index in [0.29, 0.717) is 44.2 Å². The molecule has 33 heavy (non-hydrogen) atoms. The van der Waals surface area contributed by atoms with Gasteiger partial charge in [0.25, 0.3) is 17.6 Å². The third-order valence-corrected chi connectivity index (χ3v) is 5.33. The minimum absolute atomic E-state index is 0.171. The second-order valence-electron chi connectivity index (χ2n) is 6.59. The standard InChI is InChI=1S/C24H16ClF2N3O2S/c25-21-7-2-1-6-20(21)23(32)30-18-5-3-4-15(13-18)12-16(14-28)22(31)29-17-8-10-19(11-9-17)33-24(26)27/h1-13,24H,(H,29,31)(H,30,32)/b16-12+. The van der Waals surface area contributed by atoms with Gasteiger partial charge in [-0.15, -0.1) is 0 Å². The van der Waals surface area contributed by atoms with Crippen molar-refractivity contribution in [2.45, 2.75) is 10.7 Å². The van der Waals surface area contributed by atoms with Crippen LogP contribution in [0.15, 0.2) is 83.3 Å². The van der Waals surface area contributed by atoms with Crippen LogP contribution >= 0.6 is 23.4 Å². The lowest BCUT2D eigenvalue weighted by atomic mass is 10.1. The van der Waals surface area contributed by atoms with E-state index in [2.05, 4.69) is 10.6 Å². The van der Waals surface area contributed by atoms with Crippen LogP contribution in [0.4, 0.5) is 20.2 Å². The van der Waals surface area contributed by atoms with Crippen LogP contribution in [0.5, 0.6) is 0 Å². The Kier molecular flexibility index (Phi) is 8.19. The van der Waals surface area contributed by atoms with Crippen molar-refractivity contribution in [3.63, 3.8) is 0 Å². The van der Waals surface area contributed by atoms with Crippen LogP contribution in [0, 0.1) is 11.3 Å². The first kappa shape index (κ1) is 24.0.